The summed E-state index contributed by atoms with van der Waals surface area (Å²) in [5.74, 6) is -1.25. The van der Waals surface area contributed by atoms with E-state index in [1.165, 1.54) is 29.3 Å². The lowest BCUT2D eigenvalue weighted by Gasteiger charge is -2.31. The molecule has 4 atom stereocenters. The van der Waals surface area contributed by atoms with Gasteiger partial charge < -0.3 is 37.9 Å². The molecule has 0 saturated carbocycles. The van der Waals surface area contributed by atoms with Crippen LogP contribution in [0.3, 0.4) is 0 Å². The van der Waals surface area contributed by atoms with Crippen LogP contribution in [-0.2, 0) is 14.3 Å². The molecule has 1 aliphatic heterocycles. The number of guanidine groups is 1. The number of nitrogen functional groups attached to an aromatic ring is 1. The fraction of sp³-hybridized carbons (Fsp3) is 0.471. The smallest absolute Gasteiger partial charge is 0.351 e. The van der Waals surface area contributed by atoms with Crippen LogP contribution < -0.4 is 33.9 Å². The van der Waals surface area contributed by atoms with Crippen molar-refractivity contribution in [3.63, 3.8) is 0 Å². The van der Waals surface area contributed by atoms with Crippen LogP contribution in [0.1, 0.15) is 19.1 Å². The highest BCUT2D eigenvalue weighted by molar-refractivity contribution is 5.86. The zero-order chi connectivity index (χ0) is 22.4. The highest BCUT2D eigenvalue weighted by Gasteiger charge is 2.33. The van der Waals surface area contributed by atoms with E-state index in [0.29, 0.717) is 13.0 Å². The van der Waals surface area contributed by atoms with Crippen LogP contribution in [0, 0.1) is 5.41 Å². The third kappa shape index (κ3) is 9.43. The number of anilines is 1. The maximum Gasteiger partial charge on any atom is 0.351 e. The molecule has 13 nitrogen and oxygen atoms in total. The number of nitrogens with one attached hydrogen (secondary N) is 2. The van der Waals surface area contributed by atoms with E-state index in [4.69, 9.17) is 33.1 Å². The minimum absolute atomic E-state index is 0. The third-order valence-corrected chi connectivity index (χ3v) is 4.52. The first-order valence-electron chi connectivity index (χ1n) is 9.16. The van der Waals surface area contributed by atoms with Crippen LogP contribution in [0.4, 0.5) is 5.82 Å². The van der Waals surface area contributed by atoms with Crippen molar-refractivity contribution in [2.75, 3.05) is 19.3 Å². The summed E-state index contributed by atoms with van der Waals surface area (Å²) in [4.78, 5) is 41.3. The first-order valence-corrected chi connectivity index (χ1v) is 9.16. The Hall–Kier alpha value is -2.58. The van der Waals surface area contributed by atoms with Gasteiger partial charge in [-0.15, -0.1) is 37.2 Å². The Labute approximate surface area is 209 Å². The largest absolute Gasteiger partial charge is 0.383 e. The molecule has 0 aromatic carbocycles. The Kier molecular flexibility index (Phi) is 14.4. The molecule has 0 bridgehead atoms. The van der Waals surface area contributed by atoms with E-state index in [2.05, 4.69) is 10.3 Å². The summed E-state index contributed by atoms with van der Waals surface area (Å²) < 4.78 is 6.75. The molecule has 16 heteroatoms. The van der Waals surface area contributed by atoms with Crippen molar-refractivity contribution in [2.45, 2.75) is 37.3 Å². The number of hydrogen-bond acceptors (Lipinski definition) is 8. The number of primary amides is 1. The minimum Gasteiger partial charge on any atom is -0.383 e. The van der Waals surface area contributed by atoms with Crippen molar-refractivity contribution in [1.82, 2.24) is 19.8 Å². The number of nitrogens with two attached hydrogens (primary N) is 4. The Balaban J connectivity index is 0. The Morgan fingerprint density at radius 1 is 1.30 bits per heavy atom. The van der Waals surface area contributed by atoms with Gasteiger partial charge in [0, 0.05) is 32.3 Å². The van der Waals surface area contributed by atoms with Gasteiger partial charge in [0.25, 0.3) is 0 Å². The first-order chi connectivity index (χ1) is 14.1. The number of carbonyl (C=O) groups is 2. The molecule has 1 aromatic heterocycles. The van der Waals surface area contributed by atoms with Gasteiger partial charge in [-0.1, -0.05) is 6.08 Å². The third-order valence-electron chi connectivity index (χ3n) is 4.52. The maximum absolute atomic E-state index is 12.3. The summed E-state index contributed by atoms with van der Waals surface area (Å²) in [5, 5.41) is 9.96. The average molecular weight is 531 g/mol. The summed E-state index contributed by atoms with van der Waals surface area (Å²) >= 11 is 0. The van der Waals surface area contributed by atoms with Crippen molar-refractivity contribution in [2.24, 2.45) is 17.2 Å². The molecule has 2 heterocycles. The number of carbonyl (C=O) groups excluding carboxylic acids is 2. The summed E-state index contributed by atoms with van der Waals surface area (Å²) in [6.45, 7) is 0.423. The zero-order valence-corrected chi connectivity index (χ0v) is 20.2. The predicted molar refractivity (Wildman–Crippen MR) is 131 cm³/mol. The van der Waals surface area contributed by atoms with Gasteiger partial charge in [0.15, 0.2) is 18.3 Å². The highest BCUT2D eigenvalue weighted by atomic mass is 35.5. The van der Waals surface area contributed by atoms with E-state index >= 15 is 0 Å². The van der Waals surface area contributed by atoms with E-state index in [1.807, 2.05) is 0 Å². The van der Waals surface area contributed by atoms with Crippen LogP contribution in [0.2, 0.25) is 0 Å². The van der Waals surface area contributed by atoms with Crippen LogP contribution in [0.15, 0.2) is 29.2 Å². The molecule has 10 N–H and O–H groups in total. The van der Waals surface area contributed by atoms with Gasteiger partial charge in [-0.3, -0.25) is 19.6 Å². The van der Waals surface area contributed by atoms with E-state index in [0.717, 1.165) is 4.57 Å². The van der Waals surface area contributed by atoms with Crippen molar-refractivity contribution in [3.05, 3.63) is 34.9 Å². The lowest BCUT2D eigenvalue weighted by atomic mass is 10.1. The molecule has 2 rings (SSSR count). The van der Waals surface area contributed by atoms with Gasteiger partial charge in [-0.2, -0.15) is 4.98 Å². The van der Waals surface area contributed by atoms with Crippen molar-refractivity contribution >= 4 is 60.8 Å². The second-order valence-corrected chi connectivity index (χ2v) is 6.93. The summed E-state index contributed by atoms with van der Waals surface area (Å²) in [7, 11) is 1.65. The monoisotopic (exact) mass is 529 g/mol. The predicted octanol–water partition coefficient (Wildman–Crippen LogP) is -1.55. The normalized spacial score (nSPS) is 19.6. The standard InChI is InChI=1S/C17H27N9O4.3ClH/c1-25(16(21)22)6-4-9(18)8-12(27)23-10-2-3-13(30-14(10)15(20)28)26-7-5-11(19)24-17(26)29;;;/h2-3,5,7,9-10,13-14H,4,6,8,18H2,1H3,(H2,20,28)(H3,21,22)(H,23,27)(H2,19,24,29);3*1H/t9-,10-,13+,14-;;;/m0.../s1. The molecule has 0 unspecified atom stereocenters. The van der Waals surface area contributed by atoms with Gasteiger partial charge in [0.05, 0.1) is 6.04 Å². The molecule has 2 amide bonds. The molecule has 1 aliphatic rings. The molecule has 0 aliphatic carbocycles. The van der Waals surface area contributed by atoms with Crippen LogP contribution >= 0.6 is 37.2 Å². The number of amides is 2. The number of ether oxygens (including phenoxy) is 1. The molecular formula is C17H30Cl3N9O4. The summed E-state index contributed by atoms with van der Waals surface area (Å²) in [6, 6.07) is 0.117. The van der Waals surface area contributed by atoms with E-state index < -0.39 is 41.9 Å². The minimum atomic E-state index is -1.20. The van der Waals surface area contributed by atoms with Gasteiger partial charge in [-0.05, 0) is 18.6 Å². The Morgan fingerprint density at radius 2 is 1.94 bits per heavy atom. The van der Waals surface area contributed by atoms with Crippen molar-refractivity contribution in [3.8, 4) is 0 Å². The number of aromatic nitrogens is 2. The molecule has 0 saturated heterocycles. The quantitative estimate of drug-likeness (QED) is 0.130. The highest BCUT2D eigenvalue weighted by Crippen LogP contribution is 2.20. The second kappa shape index (κ2) is 14.5. The first kappa shape index (κ1) is 32.6. The summed E-state index contributed by atoms with van der Waals surface area (Å²) in [6.07, 6.45) is 2.72. The van der Waals surface area contributed by atoms with Crippen molar-refractivity contribution < 1.29 is 14.3 Å². The van der Waals surface area contributed by atoms with Gasteiger partial charge in [0.1, 0.15) is 5.82 Å². The van der Waals surface area contributed by atoms with E-state index in [9.17, 15) is 14.4 Å². The maximum atomic E-state index is 12.3. The van der Waals surface area contributed by atoms with Gasteiger partial charge in [0.2, 0.25) is 11.8 Å². The van der Waals surface area contributed by atoms with Crippen molar-refractivity contribution in [1.29, 1.82) is 5.41 Å². The van der Waals surface area contributed by atoms with E-state index in [1.54, 1.807) is 7.05 Å². The lowest BCUT2D eigenvalue weighted by Crippen LogP contribution is -2.53. The Morgan fingerprint density at radius 3 is 2.48 bits per heavy atom. The molecular weight excluding hydrogens is 501 g/mol. The fourth-order valence-electron chi connectivity index (χ4n) is 2.81. The topological polar surface area (TPSA) is 221 Å². The Bertz CT molecular complexity index is 899. The molecule has 0 fully saturated rings. The van der Waals surface area contributed by atoms with Crippen LogP contribution in [-0.4, -0.2) is 64.0 Å². The summed E-state index contributed by atoms with van der Waals surface area (Å²) in [5.41, 5.74) is 21.5. The molecule has 188 valence electrons. The molecule has 0 spiro atoms. The molecule has 1 aromatic rings. The van der Waals surface area contributed by atoms with E-state index in [-0.39, 0.29) is 55.4 Å². The fourth-order valence-corrected chi connectivity index (χ4v) is 2.81. The zero-order valence-electron chi connectivity index (χ0n) is 17.7. The van der Waals surface area contributed by atoms with Gasteiger partial charge in [-0.25, -0.2) is 4.79 Å². The molecule has 33 heavy (non-hydrogen) atoms. The SMILES string of the molecule is CN(CC[C@H](N)CC(=O)N[C@H]1C=C[C@H](n2ccc(N)nc2=O)O[C@@H]1C(N)=O)C(=N)N.Cl.Cl.Cl. The number of hydrogen-bond donors (Lipinski definition) is 6. The lowest BCUT2D eigenvalue weighted by molar-refractivity contribution is -0.139. The second-order valence-electron chi connectivity index (χ2n) is 6.93. The molecule has 0 radical (unpaired) electrons. The van der Waals surface area contributed by atoms with Crippen LogP contribution in [0.25, 0.3) is 0 Å². The number of nitrogens with zero attached hydrogens (tertiary/aromatic N) is 3. The number of rotatable bonds is 8. The van der Waals surface area contributed by atoms with Gasteiger partial charge >= 0.3 is 5.69 Å². The average Bonchev–Trinajstić information content (AvgIpc) is 2.66. The number of halogens is 3. The van der Waals surface area contributed by atoms with Crippen LogP contribution in [0.5, 0.6) is 0 Å².